The van der Waals surface area contributed by atoms with Gasteiger partial charge in [-0.25, -0.2) is 4.39 Å². The first-order chi connectivity index (χ1) is 9.26. The molecular weight excluding hydrogens is 273 g/mol. The Balaban J connectivity index is 2.03. The molecule has 0 atom stereocenters. The number of hydrazine groups is 1. The summed E-state index contributed by atoms with van der Waals surface area (Å²) < 4.78 is 40.8. The van der Waals surface area contributed by atoms with E-state index in [4.69, 9.17) is 0 Å². The van der Waals surface area contributed by atoms with Crippen LogP contribution in [-0.2, 0) is 4.79 Å². The van der Waals surface area contributed by atoms with Crippen molar-refractivity contribution in [2.75, 3.05) is 5.43 Å². The fourth-order valence-corrected chi connectivity index (χ4v) is 1.97. The lowest BCUT2D eigenvalue weighted by Crippen LogP contribution is -2.61. The van der Waals surface area contributed by atoms with Crippen LogP contribution in [0, 0.1) is 12.7 Å². The molecule has 1 aromatic carbocycles. The predicted octanol–water partition coefficient (Wildman–Crippen LogP) is 2.13. The van der Waals surface area contributed by atoms with Crippen LogP contribution < -0.4 is 10.9 Å². The Hall–Kier alpha value is -1.76. The van der Waals surface area contributed by atoms with Crippen LogP contribution in [0.4, 0.5) is 18.9 Å². The molecule has 1 aliphatic carbocycles. The van der Waals surface area contributed by atoms with Crippen molar-refractivity contribution in [3.63, 3.8) is 0 Å². The fourth-order valence-electron chi connectivity index (χ4n) is 1.97. The molecule has 0 unspecified atom stereocenters. The number of amides is 1. The van der Waals surface area contributed by atoms with Crippen LogP contribution in [-0.4, -0.2) is 22.5 Å². The van der Waals surface area contributed by atoms with Gasteiger partial charge in [-0.1, -0.05) is 6.07 Å². The van der Waals surface area contributed by atoms with Crippen LogP contribution in [0.25, 0.3) is 0 Å². The number of hydrogen-bond donors (Lipinski definition) is 3. The maximum Gasteiger partial charge on any atom is 0.354 e. The predicted molar refractivity (Wildman–Crippen MR) is 66.7 cm³/mol. The van der Waals surface area contributed by atoms with Crippen LogP contribution in [0.2, 0.25) is 0 Å². The summed E-state index contributed by atoms with van der Waals surface area (Å²) in [6.45, 7) is 1.69. The van der Waals surface area contributed by atoms with Gasteiger partial charge in [0.05, 0.1) is 5.69 Å². The van der Waals surface area contributed by atoms with E-state index in [9.17, 15) is 23.1 Å². The molecule has 7 heteroatoms. The molecule has 1 aliphatic rings. The number of aliphatic hydroxyl groups is 1. The fraction of sp³-hybridized carbons (Fsp3) is 0.462. The molecule has 110 valence electrons. The number of alkyl halides is 2. The first-order valence-electron chi connectivity index (χ1n) is 6.19. The summed E-state index contributed by atoms with van der Waals surface area (Å²) in [5.41, 5.74) is 2.14. The highest BCUT2D eigenvalue weighted by molar-refractivity contribution is 5.86. The summed E-state index contributed by atoms with van der Waals surface area (Å²) in [5.74, 6) is -6.28. The summed E-state index contributed by atoms with van der Waals surface area (Å²) in [6.07, 6.45) is 0.178. The van der Waals surface area contributed by atoms with Crippen molar-refractivity contribution in [3.8, 4) is 0 Å². The third-order valence-electron chi connectivity index (χ3n) is 3.48. The molecule has 0 heterocycles. The van der Waals surface area contributed by atoms with Crippen molar-refractivity contribution >= 4 is 11.6 Å². The highest BCUT2D eigenvalue weighted by Crippen LogP contribution is 2.44. The van der Waals surface area contributed by atoms with E-state index in [1.165, 1.54) is 12.1 Å². The number of anilines is 1. The lowest BCUT2D eigenvalue weighted by atomic mass is 9.75. The summed E-state index contributed by atoms with van der Waals surface area (Å²) in [6, 6.07) is 4.03. The second kappa shape index (κ2) is 4.97. The third kappa shape index (κ3) is 2.45. The second-order valence-electron chi connectivity index (χ2n) is 5.02. The average Bonchev–Trinajstić information content (AvgIpc) is 2.36. The van der Waals surface area contributed by atoms with Gasteiger partial charge in [0, 0.05) is 0 Å². The zero-order valence-electron chi connectivity index (χ0n) is 10.8. The Morgan fingerprint density at radius 2 is 2.05 bits per heavy atom. The van der Waals surface area contributed by atoms with Crippen molar-refractivity contribution in [1.82, 2.24) is 5.43 Å². The maximum atomic E-state index is 13.7. The number of benzene rings is 1. The van der Waals surface area contributed by atoms with Gasteiger partial charge in [-0.2, -0.15) is 8.78 Å². The van der Waals surface area contributed by atoms with Crippen LogP contribution >= 0.6 is 0 Å². The molecule has 0 radical (unpaired) electrons. The number of nitrogens with one attached hydrogen (secondary N) is 2. The number of hydrogen-bond acceptors (Lipinski definition) is 3. The molecule has 0 aromatic heterocycles. The Morgan fingerprint density at radius 1 is 1.40 bits per heavy atom. The number of rotatable bonds is 4. The molecule has 0 bridgehead atoms. The minimum absolute atomic E-state index is 0.116. The summed E-state index contributed by atoms with van der Waals surface area (Å²) in [7, 11) is 0. The summed E-state index contributed by atoms with van der Waals surface area (Å²) in [5, 5.41) is 9.59. The minimum atomic E-state index is -3.92. The Kier molecular flexibility index (Phi) is 3.64. The SMILES string of the molecule is Cc1ccc(F)c(NNC(=O)C(F)(F)C2(O)CCC2)c1. The molecule has 4 nitrogen and oxygen atoms in total. The standard InChI is InChI=1S/C13H15F3N2O2/c1-8-3-4-9(14)10(7-8)17-18-11(19)13(15,16)12(20)5-2-6-12/h3-4,7,17,20H,2,5-6H2,1H3,(H,18,19). The van der Waals surface area contributed by atoms with E-state index in [0.717, 1.165) is 6.07 Å². The highest BCUT2D eigenvalue weighted by Gasteiger charge is 2.61. The van der Waals surface area contributed by atoms with Crippen LogP contribution in [0.3, 0.4) is 0 Å². The monoisotopic (exact) mass is 288 g/mol. The molecule has 1 aromatic rings. The van der Waals surface area contributed by atoms with Gasteiger partial charge in [0.1, 0.15) is 11.4 Å². The van der Waals surface area contributed by atoms with Gasteiger partial charge in [0.15, 0.2) is 0 Å². The van der Waals surface area contributed by atoms with E-state index in [-0.39, 0.29) is 18.5 Å². The largest absolute Gasteiger partial charge is 0.383 e. The van der Waals surface area contributed by atoms with Gasteiger partial charge in [-0.05, 0) is 43.9 Å². The van der Waals surface area contributed by atoms with E-state index in [1.54, 1.807) is 12.3 Å². The van der Waals surface area contributed by atoms with Crippen molar-refractivity contribution in [2.24, 2.45) is 0 Å². The van der Waals surface area contributed by atoms with Gasteiger partial charge in [-0.15, -0.1) is 0 Å². The van der Waals surface area contributed by atoms with E-state index < -0.39 is 23.2 Å². The maximum absolute atomic E-state index is 13.7. The van der Waals surface area contributed by atoms with Crippen LogP contribution in [0.5, 0.6) is 0 Å². The molecule has 1 fully saturated rings. The normalized spacial score (nSPS) is 17.2. The molecule has 0 spiro atoms. The topological polar surface area (TPSA) is 61.4 Å². The lowest BCUT2D eigenvalue weighted by Gasteiger charge is -2.41. The van der Waals surface area contributed by atoms with Gasteiger partial charge < -0.3 is 5.11 Å². The third-order valence-corrected chi connectivity index (χ3v) is 3.48. The number of carbonyl (C=O) groups is 1. The first kappa shape index (κ1) is 14.6. The highest BCUT2D eigenvalue weighted by atomic mass is 19.3. The van der Waals surface area contributed by atoms with E-state index in [1.807, 2.05) is 0 Å². The second-order valence-corrected chi connectivity index (χ2v) is 5.02. The van der Waals surface area contributed by atoms with Crippen molar-refractivity contribution in [3.05, 3.63) is 29.6 Å². The van der Waals surface area contributed by atoms with Gasteiger partial charge in [0.25, 0.3) is 0 Å². The lowest BCUT2D eigenvalue weighted by molar-refractivity contribution is -0.215. The van der Waals surface area contributed by atoms with Crippen molar-refractivity contribution in [2.45, 2.75) is 37.7 Å². The van der Waals surface area contributed by atoms with Gasteiger partial charge in [0.2, 0.25) is 0 Å². The van der Waals surface area contributed by atoms with E-state index >= 15 is 0 Å². The van der Waals surface area contributed by atoms with Crippen molar-refractivity contribution < 1.29 is 23.1 Å². The van der Waals surface area contributed by atoms with Gasteiger partial charge in [-0.3, -0.25) is 15.6 Å². The molecule has 20 heavy (non-hydrogen) atoms. The molecule has 0 saturated heterocycles. The first-order valence-corrected chi connectivity index (χ1v) is 6.19. The Morgan fingerprint density at radius 3 is 2.60 bits per heavy atom. The number of halogens is 3. The summed E-state index contributed by atoms with van der Waals surface area (Å²) >= 11 is 0. The quantitative estimate of drug-likeness (QED) is 0.744. The Labute approximate surface area is 114 Å². The smallest absolute Gasteiger partial charge is 0.354 e. The molecular formula is C13H15F3N2O2. The van der Waals surface area contributed by atoms with Gasteiger partial charge >= 0.3 is 11.8 Å². The Bertz CT molecular complexity index is 530. The molecule has 2 rings (SSSR count). The zero-order chi connectivity index (χ0) is 15.0. The number of aryl methyl sites for hydroxylation is 1. The van der Waals surface area contributed by atoms with Crippen molar-refractivity contribution in [1.29, 1.82) is 0 Å². The van der Waals surface area contributed by atoms with Crippen LogP contribution in [0.15, 0.2) is 18.2 Å². The van der Waals surface area contributed by atoms with E-state index in [0.29, 0.717) is 12.0 Å². The van der Waals surface area contributed by atoms with E-state index in [2.05, 4.69) is 5.43 Å². The minimum Gasteiger partial charge on any atom is -0.383 e. The molecule has 1 saturated carbocycles. The zero-order valence-corrected chi connectivity index (χ0v) is 10.8. The number of carbonyl (C=O) groups excluding carboxylic acids is 1. The molecule has 0 aliphatic heterocycles. The average molecular weight is 288 g/mol. The summed E-state index contributed by atoms with van der Waals surface area (Å²) in [4.78, 5) is 11.5. The molecule has 3 N–H and O–H groups in total. The van der Waals surface area contributed by atoms with Crippen LogP contribution in [0.1, 0.15) is 24.8 Å². The molecule has 1 amide bonds.